The van der Waals surface area contributed by atoms with Crippen LogP contribution in [0, 0.1) is 0 Å². The first-order chi connectivity index (χ1) is 8.36. The van der Waals surface area contributed by atoms with Gasteiger partial charge in [0.25, 0.3) is 0 Å². The third-order valence-electron chi connectivity index (χ3n) is 3.61. The summed E-state index contributed by atoms with van der Waals surface area (Å²) in [6.07, 6.45) is 3.97. The predicted molar refractivity (Wildman–Crippen MR) is 69.6 cm³/mol. The average molecular weight is 234 g/mol. The van der Waals surface area contributed by atoms with Crippen molar-refractivity contribution in [1.29, 1.82) is 0 Å². The van der Waals surface area contributed by atoms with Gasteiger partial charge in [-0.15, -0.1) is 0 Å². The van der Waals surface area contributed by atoms with Crippen molar-refractivity contribution in [1.82, 2.24) is 5.43 Å². The van der Waals surface area contributed by atoms with E-state index in [4.69, 9.17) is 10.6 Å². The first kappa shape index (κ1) is 12.6. The summed E-state index contributed by atoms with van der Waals surface area (Å²) in [5, 5.41) is 0. The summed E-state index contributed by atoms with van der Waals surface area (Å²) in [6, 6.07) is 8.69. The minimum absolute atomic E-state index is 0.103. The molecular weight excluding hydrogens is 212 g/mol. The van der Waals surface area contributed by atoms with Gasteiger partial charge in [-0.05, 0) is 36.8 Å². The summed E-state index contributed by atoms with van der Waals surface area (Å²) in [5.74, 6) is 6.37. The summed E-state index contributed by atoms with van der Waals surface area (Å²) < 4.78 is 5.48. The summed E-state index contributed by atoms with van der Waals surface area (Å²) in [6.45, 7) is 3.37. The Morgan fingerprint density at radius 2 is 2.18 bits per heavy atom. The van der Waals surface area contributed by atoms with E-state index in [-0.39, 0.29) is 6.04 Å². The molecule has 94 valence electrons. The van der Waals surface area contributed by atoms with Gasteiger partial charge in [0.05, 0.1) is 12.6 Å². The maximum absolute atomic E-state index is 5.64. The molecule has 1 atom stereocenters. The molecular formula is C14H22N2O. The molecule has 17 heavy (non-hydrogen) atoms. The van der Waals surface area contributed by atoms with Crippen LogP contribution in [0.4, 0.5) is 0 Å². The van der Waals surface area contributed by atoms with Gasteiger partial charge >= 0.3 is 0 Å². The van der Waals surface area contributed by atoms with Gasteiger partial charge in [-0.2, -0.15) is 0 Å². The number of hydrazine groups is 1. The molecule has 0 aromatic heterocycles. The van der Waals surface area contributed by atoms with Gasteiger partial charge in [-0.3, -0.25) is 11.3 Å². The first-order valence-electron chi connectivity index (χ1n) is 6.49. The van der Waals surface area contributed by atoms with Gasteiger partial charge in [0.1, 0.15) is 0 Å². The standard InChI is InChI=1S/C14H22N2O/c1-2-17-10-14(16-15)13-9-4-3-8-12(13)11-6-5-7-11/h3-4,8-9,11,14,16H,2,5-7,10,15H2,1H3. The molecule has 2 rings (SSSR count). The molecule has 1 aliphatic rings. The van der Waals surface area contributed by atoms with Crippen LogP contribution >= 0.6 is 0 Å². The zero-order valence-electron chi connectivity index (χ0n) is 10.5. The van der Waals surface area contributed by atoms with Crippen molar-refractivity contribution < 1.29 is 4.74 Å². The van der Waals surface area contributed by atoms with Gasteiger partial charge in [-0.25, -0.2) is 0 Å². The van der Waals surface area contributed by atoms with Crippen LogP contribution in [0.1, 0.15) is 49.3 Å². The van der Waals surface area contributed by atoms with Crippen LogP contribution in [-0.4, -0.2) is 13.2 Å². The van der Waals surface area contributed by atoms with E-state index >= 15 is 0 Å². The number of hydrogen-bond acceptors (Lipinski definition) is 3. The lowest BCUT2D eigenvalue weighted by Gasteiger charge is -2.30. The highest BCUT2D eigenvalue weighted by Crippen LogP contribution is 2.39. The normalized spacial score (nSPS) is 17.8. The smallest absolute Gasteiger partial charge is 0.0696 e. The molecule has 0 saturated heterocycles. The van der Waals surface area contributed by atoms with Crippen LogP contribution < -0.4 is 11.3 Å². The van der Waals surface area contributed by atoms with Crippen molar-refractivity contribution in [2.75, 3.05) is 13.2 Å². The molecule has 1 fully saturated rings. The lowest BCUT2D eigenvalue weighted by atomic mass is 9.77. The second-order valence-corrected chi connectivity index (χ2v) is 4.64. The number of ether oxygens (including phenoxy) is 1. The quantitative estimate of drug-likeness (QED) is 0.587. The fourth-order valence-corrected chi connectivity index (χ4v) is 2.38. The molecule has 0 amide bonds. The van der Waals surface area contributed by atoms with Crippen LogP contribution in [0.3, 0.4) is 0 Å². The highest BCUT2D eigenvalue weighted by atomic mass is 16.5. The zero-order chi connectivity index (χ0) is 12.1. The fourth-order valence-electron chi connectivity index (χ4n) is 2.38. The van der Waals surface area contributed by atoms with Crippen molar-refractivity contribution in [3.8, 4) is 0 Å². The molecule has 1 saturated carbocycles. The number of hydrogen-bond donors (Lipinski definition) is 2. The van der Waals surface area contributed by atoms with E-state index < -0.39 is 0 Å². The van der Waals surface area contributed by atoms with Crippen LogP contribution in [0.25, 0.3) is 0 Å². The lowest BCUT2D eigenvalue weighted by Crippen LogP contribution is -2.32. The molecule has 1 aromatic rings. The van der Waals surface area contributed by atoms with E-state index in [0.717, 1.165) is 12.5 Å². The maximum atomic E-state index is 5.64. The highest BCUT2D eigenvalue weighted by Gasteiger charge is 2.24. The van der Waals surface area contributed by atoms with Crippen LogP contribution in [0.5, 0.6) is 0 Å². The number of nitrogens with one attached hydrogen (secondary N) is 1. The SMILES string of the molecule is CCOCC(NN)c1ccccc1C1CCC1. The van der Waals surface area contributed by atoms with E-state index in [1.807, 2.05) is 6.92 Å². The van der Waals surface area contributed by atoms with Crippen molar-refractivity contribution in [2.24, 2.45) is 5.84 Å². The largest absolute Gasteiger partial charge is 0.380 e. The van der Waals surface area contributed by atoms with Gasteiger partial charge in [0.2, 0.25) is 0 Å². The van der Waals surface area contributed by atoms with E-state index in [9.17, 15) is 0 Å². The second kappa shape index (κ2) is 6.15. The predicted octanol–water partition coefficient (Wildman–Crippen LogP) is 2.50. The van der Waals surface area contributed by atoms with Crippen molar-refractivity contribution >= 4 is 0 Å². The summed E-state index contributed by atoms with van der Waals surface area (Å²) in [7, 11) is 0. The second-order valence-electron chi connectivity index (χ2n) is 4.64. The van der Waals surface area contributed by atoms with Crippen LogP contribution in [0.2, 0.25) is 0 Å². The third-order valence-corrected chi connectivity index (χ3v) is 3.61. The van der Waals surface area contributed by atoms with E-state index in [2.05, 4.69) is 29.7 Å². The molecule has 3 nitrogen and oxygen atoms in total. The third kappa shape index (κ3) is 2.86. The first-order valence-corrected chi connectivity index (χ1v) is 6.49. The number of benzene rings is 1. The Balaban J connectivity index is 2.16. The van der Waals surface area contributed by atoms with Gasteiger partial charge in [0, 0.05) is 6.61 Å². The molecule has 0 bridgehead atoms. The minimum Gasteiger partial charge on any atom is -0.380 e. The number of nitrogens with two attached hydrogens (primary N) is 1. The Morgan fingerprint density at radius 3 is 2.76 bits per heavy atom. The molecule has 0 heterocycles. The van der Waals surface area contributed by atoms with E-state index in [1.165, 1.54) is 30.4 Å². The molecule has 0 aliphatic heterocycles. The van der Waals surface area contributed by atoms with Crippen LogP contribution in [-0.2, 0) is 4.74 Å². The Morgan fingerprint density at radius 1 is 1.41 bits per heavy atom. The lowest BCUT2D eigenvalue weighted by molar-refractivity contribution is 0.122. The van der Waals surface area contributed by atoms with Gasteiger partial charge in [0.15, 0.2) is 0 Å². The summed E-state index contributed by atoms with van der Waals surface area (Å²) in [4.78, 5) is 0. The molecule has 0 radical (unpaired) electrons. The van der Waals surface area contributed by atoms with Crippen LogP contribution in [0.15, 0.2) is 24.3 Å². The van der Waals surface area contributed by atoms with E-state index in [0.29, 0.717) is 6.61 Å². The Labute approximate surface area is 103 Å². The topological polar surface area (TPSA) is 47.3 Å². The molecule has 1 aromatic carbocycles. The monoisotopic (exact) mass is 234 g/mol. The van der Waals surface area contributed by atoms with Gasteiger partial charge in [-0.1, -0.05) is 30.7 Å². The van der Waals surface area contributed by atoms with Gasteiger partial charge < -0.3 is 4.74 Å². The summed E-state index contributed by atoms with van der Waals surface area (Å²) >= 11 is 0. The fraction of sp³-hybridized carbons (Fsp3) is 0.571. The molecule has 1 unspecified atom stereocenters. The average Bonchev–Trinajstić information content (AvgIpc) is 2.30. The molecule has 0 spiro atoms. The zero-order valence-corrected chi connectivity index (χ0v) is 10.5. The number of rotatable bonds is 6. The molecule has 1 aliphatic carbocycles. The Hall–Kier alpha value is -0.900. The minimum atomic E-state index is 0.103. The Kier molecular flexibility index (Phi) is 4.54. The maximum Gasteiger partial charge on any atom is 0.0696 e. The van der Waals surface area contributed by atoms with E-state index in [1.54, 1.807) is 0 Å². The van der Waals surface area contributed by atoms with Crippen molar-refractivity contribution in [3.63, 3.8) is 0 Å². The van der Waals surface area contributed by atoms with Crippen molar-refractivity contribution in [3.05, 3.63) is 35.4 Å². The summed E-state index contributed by atoms with van der Waals surface area (Å²) in [5.41, 5.74) is 5.62. The van der Waals surface area contributed by atoms with Crippen molar-refractivity contribution in [2.45, 2.75) is 38.1 Å². The molecule has 3 heteroatoms. The molecule has 3 N–H and O–H groups in total. The Bertz CT molecular complexity index is 350. The highest BCUT2D eigenvalue weighted by molar-refractivity contribution is 5.34.